The lowest BCUT2D eigenvalue weighted by Gasteiger charge is -2.07. The highest BCUT2D eigenvalue weighted by molar-refractivity contribution is 9.10. The van der Waals surface area contributed by atoms with Crippen LogP contribution in [0.3, 0.4) is 0 Å². The average Bonchev–Trinajstić information content (AvgIpc) is 2.33. The Hall–Kier alpha value is -1.55. The fourth-order valence-electron chi connectivity index (χ4n) is 1.36. The Morgan fingerprint density at radius 2 is 1.82 bits per heavy atom. The van der Waals surface area contributed by atoms with Gasteiger partial charge >= 0.3 is 0 Å². The van der Waals surface area contributed by atoms with Gasteiger partial charge in [-0.2, -0.15) is 0 Å². The van der Waals surface area contributed by atoms with Crippen LogP contribution < -0.4 is 10.5 Å². The topological polar surface area (TPSA) is 35.2 Å². The van der Waals surface area contributed by atoms with E-state index in [4.69, 9.17) is 10.5 Å². The second kappa shape index (κ2) is 5.19. The molecule has 0 saturated heterocycles. The highest BCUT2D eigenvalue weighted by Crippen LogP contribution is 2.18. The van der Waals surface area contributed by atoms with Gasteiger partial charge in [-0.3, -0.25) is 0 Å². The average molecular weight is 296 g/mol. The number of nitrogen functional groups attached to an aromatic ring is 1. The minimum Gasteiger partial charge on any atom is -0.489 e. The van der Waals surface area contributed by atoms with E-state index in [2.05, 4.69) is 15.9 Å². The van der Waals surface area contributed by atoms with Gasteiger partial charge in [0, 0.05) is 4.47 Å². The van der Waals surface area contributed by atoms with Gasteiger partial charge in [-0.05, 0) is 42.0 Å². The fourth-order valence-corrected chi connectivity index (χ4v) is 1.62. The van der Waals surface area contributed by atoms with Crippen LogP contribution in [-0.4, -0.2) is 0 Å². The highest BCUT2D eigenvalue weighted by Gasteiger charge is 2.01. The normalized spacial score (nSPS) is 10.2. The summed E-state index contributed by atoms with van der Waals surface area (Å²) in [6.45, 7) is 0.318. The molecule has 0 unspecified atom stereocenters. The van der Waals surface area contributed by atoms with Gasteiger partial charge in [0.05, 0.1) is 5.69 Å². The zero-order valence-electron chi connectivity index (χ0n) is 8.99. The highest BCUT2D eigenvalue weighted by atomic mass is 79.9. The Morgan fingerprint density at radius 1 is 1.12 bits per heavy atom. The number of anilines is 1. The Balaban J connectivity index is 2.02. The van der Waals surface area contributed by atoms with E-state index in [9.17, 15) is 4.39 Å². The van der Waals surface area contributed by atoms with Crippen molar-refractivity contribution in [2.24, 2.45) is 0 Å². The largest absolute Gasteiger partial charge is 0.489 e. The quantitative estimate of drug-likeness (QED) is 0.875. The van der Waals surface area contributed by atoms with E-state index in [1.54, 1.807) is 6.07 Å². The molecule has 2 aromatic carbocycles. The molecule has 0 bridgehead atoms. The van der Waals surface area contributed by atoms with E-state index in [0.717, 1.165) is 15.8 Å². The fraction of sp³-hybridized carbons (Fsp3) is 0.0769. The maximum absolute atomic E-state index is 13.2. The third-order valence-electron chi connectivity index (χ3n) is 2.28. The number of hydrogen-bond acceptors (Lipinski definition) is 2. The first-order chi connectivity index (χ1) is 8.15. The number of rotatable bonds is 3. The van der Waals surface area contributed by atoms with Gasteiger partial charge in [0.1, 0.15) is 18.2 Å². The molecule has 0 spiro atoms. The zero-order chi connectivity index (χ0) is 12.3. The van der Waals surface area contributed by atoms with Crippen molar-refractivity contribution in [3.63, 3.8) is 0 Å². The Kier molecular flexibility index (Phi) is 3.64. The van der Waals surface area contributed by atoms with Gasteiger partial charge in [0.2, 0.25) is 0 Å². The molecule has 2 nitrogen and oxygen atoms in total. The second-order valence-electron chi connectivity index (χ2n) is 3.60. The molecule has 0 aromatic heterocycles. The number of hydrogen-bond donors (Lipinski definition) is 1. The van der Waals surface area contributed by atoms with E-state index < -0.39 is 5.82 Å². The van der Waals surface area contributed by atoms with Crippen molar-refractivity contribution < 1.29 is 9.13 Å². The zero-order valence-corrected chi connectivity index (χ0v) is 10.6. The van der Waals surface area contributed by atoms with E-state index in [-0.39, 0.29) is 5.69 Å². The van der Waals surface area contributed by atoms with Crippen molar-refractivity contribution in [2.45, 2.75) is 6.61 Å². The lowest BCUT2D eigenvalue weighted by atomic mass is 10.2. The third-order valence-corrected chi connectivity index (χ3v) is 2.81. The molecule has 0 saturated carbocycles. The van der Waals surface area contributed by atoms with Crippen LogP contribution in [0.5, 0.6) is 5.75 Å². The summed E-state index contributed by atoms with van der Waals surface area (Å²) in [7, 11) is 0. The molecule has 17 heavy (non-hydrogen) atoms. The SMILES string of the molecule is Nc1ccc(COc2ccc(Br)cc2)cc1F. The van der Waals surface area contributed by atoms with E-state index in [0.29, 0.717) is 6.61 Å². The molecule has 0 fully saturated rings. The molecule has 0 aliphatic heterocycles. The molecular weight excluding hydrogens is 285 g/mol. The smallest absolute Gasteiger partial charge is 0.146 e. The van der Waals surface area contributed by atoms with Crippen LogP contribution in [0.1, 0.15) is 5.56 Å². The molecule has 0 amide bonds. The first-order valence-corrected chi connectivity index (χ1v) is 5.87. The Bertz CT molecular complexity index is 513. The molecule has 0 heterocycles. The monoisotopic (exact) mass is 295 g/mol. The summed E-state index contributed by atoms with van der Waals surface area (Å²) >= 11 is 3.34. The molecule has 0 atom stereocenters. The van der Waals surface area contributed by atoms with Crippen molar-refractivity contribution in [2.75, 3.05) is 5.73 Å². The van der Waals surface area contributed by atoms with E-state index >= 15 is 0 Å². The van der Waals surface area contributed by atoms with Gasteiger partial charge in [-0.1, -0.05) is 22.0 Å². The molecule has 2 rings (SSSR count). The van der Waals surface area contributed by atoms with Crippen molar-refractivity contribution >= 4 is 21.6 Å². The minimum atomic E-state index is -0.415. The lowest BCUT2D eigenvalue weighted by Crippen LogP contribution is -1.98. The van der Waals surface area contributed by atoms with Crippen molar-refractivity contribution in [3.05, 3.63) is 58.3 Å². The summed E-state index contributed by atoms with van der Waals surface area (Å²) in [5.74, 6) is 0.326. The number of halogens is 2. The number of ether oxygens (including phenoxy) is 1. The van der Waals surface area contributed by atoms with Crippen LogP contribution in [0.25, 0.3) is 0 Å². The predicted octanol–water partition coefficient (Wildman–Crippen LogP) is 3.75. The maximum atomic E-state index is 13.2. The van der Waals surface area contributed by atoms with Crippen molar-refractivity contribution in [3.8, 4) is 5.75 Å². The predicted molar refractivity (Wildman–Crippen MR) is 69.3 cm³/mol. The number of nitrogens with two attached hydrogens (primary N) is 1. The summed E-state index contributed by atoms with van der Waals surface area (Å²) in [6.07, 6.45) is 0. The Labute approximate surface area is 107 Å². The van der Waals surface area contributed by atoms with Crippen molar-refractivity contribution in [1.29, 1.82) is 0 Å². The van der Waals surface area contributed by atoms with E-state index in [1.165, 1.54) is 12.1 Å². The first kappa shape index (κ1) is 11.9. The van der Waals surface area contributed by atoms with Crippen LogP contribution in [0.2, 0.25) is 0 Å². The molecular formula is C13H11BrFNO. The molecule has 88 valence electrons. The minimum absolute atomic E-state index is 0.150. The van der Waals surface area contributed by atoms with Gasteiger partial charge in [0.15, 0.2) is 0 Å². The van der Waals surface area contributed by atoms with Crippen LogP contribution in [0, 0.1) is 5.82 Å². The third kappa shape index (κ3) is 3.20. The van der Waals surface area contributed by atoms with Gasteiger partial charge in [-0.25, -0.2) is 4.39 Å². The van der Waals surface area contributed by atoms with Crippen LogP contribution in [-0.2, 0) is 6.61 Å². The second-order valence-corrected chi connectivity index (χ2v) is 4.51. The van der Waals surface area contributed by atoms with Crippen LogP contribution in [0.15, 0.2) is 46.9 Å². The van der Waals surface area contributed by atoms with Crippen molar-refractivity contribution in [1.82, 2.24) is 0 Å². The first-order valence-electron chi connectivity index (χ1n) is 5.07. The molecule has 2 aromatic rings. The van der Waals surface area contributed by atoms with Gasteiger partial charge in [0.25, 0.3) is 0 Å². The molecule has 0 radical (unpaired) electrons. The van der Waals surface area contributed by atoms with Crippen LogP contribution in [0.4, 0.5) is 10.1 Å². The summed E-state index contributed by atoms with van der Waals surface area (Å²) in [6, 6.07) is 12.1. The van der Waals surface area contributed by atoms with Gasteiger partial charge in [-0.15, -0.1) is 0 Å². The van der Waals surface area contributed by atoms with Crippen LogP contribution >= 0.6 is 15.9 Å². The number of benzene rings is 2. The molecule has 0 aliphatic carbocycles. The molecule has 2 N–H and O–H groups in total. The molecule has 4 heteroatoms. The lowest BCUT2D eigenvalue weighted by molar-refractivity contribution is 0.305. The summed E-state index contributed by atoms with van der Waals surface area (Å²) in [4.78, 5) is 0. The standard InChI is InChI=1S/C13H11BrFNO/c14-10-2-4-11(5-3-10)17-8-9-1-6-13(16)12(15)7-9/h1-7H,8,16H2. The van der Waals surface area contributed by atoms with Gasteiger partial charge < -0.3 is 10.5 Å². The molecule has 0 aliphatic rings. The summed E-state index contributed by atoms with van der Waals surface area (Å²) in [5, 5.41) is 0. The summed E-state index contributed by atoms with van der Waals surface area (Å²) < 4.78 is 19.7. The Morgan fingerprint density at radius 3 is 2.47 bits per heavy atom. The summed E-state index contributed by atoms with van der Waals surface area (Å²) in [5.41, 5.74) is 6.29. The maximum Gasteiger partial charge on any atom is 0.146 e. The van der Waals surface area contributed by atoms with E-state index in [1.807, 2.05) is 24.3 Å².